The van der Waals surface area contributed by atoms with E-state index in [0.29, 0.717) is 18.2 Å². The van der Waals surface area contributed by atoms with Crippen molar-refractivity contribution >= 4 is 5.82 Å². The molecule has 140 valence electrons. The van der Waals surface area contributed by atoms with Crippen LogP contribution >= 0.6 is 0 Å². The summed E-state index contributed by atoms with van der Waals surface area (Å²) >= 11 is 0. The molecule has 1 aliphatic rings. The van der Waals surface area contributed by atoms with Crippen molar-refractivity contribution in [3.05, 3.63) is 40.2 Å². The quantitative estimate of drug-likeness (QED) is 0.816. The molecule has 1 aromatic heterocycles. The molecule has 0 saturated carbocycles. The number of nitrogen functional groups attached to an aromatic ring is 1. The zero-order valence-corrected chi connectivity index (χ0v) is 15.5. The molecule has 1 aliphatic heterocycles. The summed E-state index contributed by atoms with van der Waals surface area (Å²) in [5, 5.41) is 0. The van der Waals surface area contributed by atoms with Gasteiger partial charge in [-0.15, -0.1) is 0 Å². The van der Waals surface area contributed by atoms with Crippen molar-refractivity contribution in [2.24, 2.45) is 0 Å². The first-order chi connectivity index (χ1) is 12.5. The van der Waals surface area contributed by atoms with Crippen LogP contribution in [0.5, 0.6) is 5.75 Å². The van der Waals surface area contributed by atoms with Crippen molar-refractivity contribution in [2.75, 3.05) is 45.6 Å². The van der Waals surface area contributed by atoms with Crippen LogP contribution in [0, 0.1) is 0 Å². The average molecular weight is 357 g/mol. The Morgan fingerprint density at radius 3 is 2.69 bits per heavy atom. The predicted octanol–water partition coefficient (Wildman–Crippen LogP) is 1.56. The van der Waals surface area contributed by atoms with Gasteiger partial charge < -0.3 is 20.4 Å². The van der Waals surface area contributed by atoms with Gasteiger partial charge in [-0.3, -0.25) is 9.69 Å². The van der Waals surface area contributed by atoms with Crippen molar-refractivity contribution in [2.45, 2.75) is 19.9 Å². The molecule has 1 aromatic carbocycles. The van der Waals surface area contributed by atoms with Crippen molar-refractivity contribution in [1.82, 2.24) is 19.8 Å². The van der Waals surface area contributed by atoms with Crippen molar-refractivity contribution in [1.29, 1.82) is 0 Å². The third kappa shape index (κ3) is 4.62. The van der Waals surface area contributed by atoms with E-state index < -0.39 is 0 Å². The normalized spacial score (nSPS) is 15.9. The van der Waals surface area contributed by atoms with Gasteiger partial charge in [0.05, 0.1) is 12.2 Å². The summed E-state index contributed by atoms with van der Waals surface area (Å²) in [6.45, 7) is 7.78. The molecule has 2 heterocycles. The monoisotopic (exact) mass is 357 g/mol. The van der Waals surface area contributed by atoms with Crippen LogP contribution in [0.1, 0.15) is 18.9 Å². The number of anilines is 1. The third-order valence-corrected chi connectivity index (χ3v) is 4.52. The minimum absolute atomic E-state index is 0.203. The fourth-order valence-corrected chi connectivity index (χ4v) is 3.07. The second kappa shape index (κ2) is 8.33. The highest BCUT2D eigenvalue weighted by Crippen LogP contribution is 2.29. The number of H-pyrrole nitrogens is 1. The maximum atomic E-state index is 11.8. The zero-order chi connectivity index (χ0) is 18.5. The molecule has 3 N–H and O–H groups in total. The van der Waals surface area contributed by atoms with E-state index in [1.807, 2.05) is 12.1 Å². The standard InChI is InChI=1S/C19H27N5O2/c1-3-10-26-16-5-4-14(13-24-8-6-23(2)7-9-24)11-15(16)19-21-17(20)12-18(25)22-19/h4-5,11-12H,3,6-10,13H2,1-2H3,(H3,20,21,22,25). The summed E-state index contributed by atoms with van der Waals surface area (Å²) in [6.07, 6.45) is 0.906. The number of nitrogens with two attached hydrogens (primary N) is 1. The molecule has 0 radical (unpaired) electrons. The topological polar surface area (TPSA) is 87.5 Å². The lowest BCUT2D eigenvalue weighted by Gasteiger charge is -2.32. The minimum atomic E-state index is -0.265. The predicted molar refractivity (Wildman–Crippen MR) is 103 cm³/mol. The summed E-state index contributed by atoms with van der Waals surface area (Å²) in [4.78, 5) is 23.6. The number of nitrogens with one attached hydrogen (secondary N) is 1. The molecular weight excluding hydrogens is 330 g/mol. The summed E-state index contributed by atoms with van der Waals surface area (Å²) < 4.78 is 5.86. The number of aromatic nitrogens is 2. The Labute approximate surface area is 153 Å². The number of rotatable bonds is 6. The molecule has 1 saturated heterocycles. The van der Waals surface area contributed by atoms with Crippen LogP contribution in [0.4, 0.5) is 5.82 Å². The number of likely N-dealkylation sites (N-methyl/N-ethyl adjacent to an activating group) is 1. The van der Waals surface area contributed by atoms with Crippen LogP contribution in [0.15, 0.2) is 29.1 Å². The fraction of sp³-hybridized carbons (Fsp3) is 0.474. The molecule has 1 fully saturated rings. The Morgan fingerprint density at radius 2 is 2.00 bits per heavy atom. The first kappa shape index (κ1) is 18.4. The fourth-order valence-electron chi connectivity index (χ4n) is 3.07. The number of hydrogen-bond donors (Lipinski definition) is 2. The number of benzene rings is 1. The molecule has 0 amide bonds. The first-order valence-corrected chi connectivity index (χ1v) is 9.09. The summed E-state index contributed by atoms with van der Waals surface area (Å²) in [7, 11) is 2.15. The van der Waals surface area contributed by atoms with E-state index in [-0.39, 0.29) is 11.4 Å². The molecule has 3 rings (SSSR count). The molecule has 7 heteroatoms. The van der Waals surface area contributed by atoms with Crippen molar-refractivity contribution in [3.8, 4) is 17.1 Å². The molecule has 0 atom stereocenters. The second-order valence-electron chi connectivity index (χ2n) is 6.78. The number of ether oxygens (including phenoxy) is 1. The van der Waals surface area contributed by atoms with Gasteiger partial charge in [-0.1, -0.05) is 13.0 Å². The van der Waals surface area contributed by atoms with Gasteiger partial charge >= 0.3 is 0 Å². The van der Waals surface area contributed by atoms with Crippen LogP contribution in [0.3, 0.4) is 0 Å². The second-order valence-corrected chi connectivity index (χ2v) is 6.78. The summed E-state index contributed by atoms with van der Waals surface area (Å²) in [6, 6.07) is 7.36. The smallest absolute Gasteiger partial charge is 0.253 e. The Balaban J connectivity index is 1.89. The Hall–Kier alpha value is -2.38. The highest BCUT2D eigenvalue weighted by molar-refractivity contribution is 5.66. The van der Waals surface area contributed by atoms with Gasteiger partial charge in [-0.05, 0) is 31.2 Å². The largest absolute Gasteiger partial charge is 0.493 e. The molecule has 0 aliphatic carbocycles. The van der Waals surface area contributed by atoms with E-state index in [2.05, 4.69) is 39.8 Å². The molecule has 0 spiro atoms. The van der Waals surface area contributed by atoms with Gasteiger partial charge in [0.2, 0.25) is 0 Å². The van der Waals surface area contributed by atoms with Gasteiger partial charge in [0, 0.05) is 38.8 Å². The first-order valence-electron chi connectivity index (χ1n) is 9.09. The van der Waals surface area contributed by atoms with E-state index >= 15 is 0 Å². The third-order valence-electron chi connectivity index (χ3n) is 4.52. The zero-order valence-electron chi connectivity index (χ0n) is 15.5. The van der Waals surface area contributed by atoms with E-state index in [1.165, 1.54) is 11.6 Å². The lowest BCUT2D eigenvalue weighted by atomic mass is 10.1. The number of hydrogen-bond acceptors (Lipinski definition) is 6. The van der Waals surface area contributed by atoms with Crippen LogP contribution in [-0.4, -0.2) is 59.6 Å². The van der Waals surface area contributed by atoms with E-state index in [9.17, 15) is 4.79 Å². The Bertz CT molecular complexity index is 797. The van der Waals surface area contributed by atoms with E-state index in [1.54, 1.807) is 0 Å². The van der Waals surface area contributed by atoms with Crippen LogP contribution in [0.25, 0.3) is 11.4 Å². The van der Waals surface area contributed by atoms with Gasteiger partial charge in [-0.2, -0.15) is 0 Å². The Kier molecular flexibility index (Phi) is 5.90. The van der Waals surface area contributed by atoms with E-state index in [0.717, 1.165) is 44.7 Å². The highest BCUT2D eigenvalue weighted by Gasteiger charge is 2.16. The highest BCUT2D eigenvalue weighted by atomic mass is 16.5. The number of nitrogens with zero attached hydrogens (tertiary/aromatic N) is 3. The summed E-state index contributed by atoms with van der Waals surface area (Å²) in [5.41, 5.74) is 7.44. The van der Waals surface area contributed by atoms with Gasteiger partial charge in [-0.25, -0.2) is 4.98 Å². The van der Waals surface area contributed by atoms with E-state index in [4.69, 9.17) is 10.5 Å². The SMILES string of the molecule is CCCOc1ccc(CN2CCN(C)CC2)cc1-c1nc(N)cc(=O)[nH]1. The van der Waals surface area contributed by atoms with Gasteiger partial charge in [0.25, 0.3) is 5.56 Å². The maximum Gasteiger partial charge on any atom is 0.253 e. The molecule has 0 bridgehead atoms. The summed E-state index contributed by atoms with van der Waals surface area (Å²) in [5.74, 6) is 1.36. The van der Waals surface area contributed by atoms with Crippen molar-refractivity contribution in [3.63, 3.8) is 0 Å². The maximum absolute atomic E-state index is 11.8. The minimum Gasteiger partial charge on any atom is -0.493 e. The lowest BCUT2D eigenvalue weighted by Crippen LogP contribution is -2.43. The van der Waals surface area contributed by atoms with Crippen molar-refractivity contribution < 1.29 is 4.74 Å². The molecule has 26 heavy (non-hydrogen) atoms. The van der Waals surface area contributed by atoms with Crippen LogP contribution in [-0.2, 0) is 6.54 Å². The molecule has 0 unspecified atom stereocenters. The van der Waals surface area contributed by atoms with Gasteiger partial charge in [0.1, 0.15) is 17.4 Å². The Morgan fingerprint density at radius 1 is 1.23 bits per heavy atom. The average Bonchev–Trinajstić information content (AvgIpc) is 2.61. The van der Waals surface area contributed by atoms with Crippen LogP contribution < -0.4 is 16.0 Å². The van der Waals surface area contributed by atoms with Gasteiger partial charge in [0.15, 0.2) is 0 Å². The number of aromatic amines is 1. The lowest BCUT2D eigenvalue weighted by molar-refractivity contribution is 0.148. The molecule has 2 aromatic rings. The van der Waals surface area contributed by atoms with Crippen LogP contribution in [0.2, 0.25) is 0 Å². The molecule has 7 nitrogen and oxygen atoms in total. The number of piperazine rings is 1. The molecular formula is C19H27N5O2.